The van der Waals surface area contributed by atoms with Gasteiger partial charge < -0.3 is 126 Å². The molecule has 18 unspecified atom stereocenters. The summed E-state index contributed by atoms with van der Waals surface area (Å²) in [4.78, 5) is 162. The van der Waals surface area contributed by atoms with E-state index in [1.165, 1.54) is 20.8 Å². The first kappa shape index (κ1) is 75.8. The van der Waals surface area contributed by atoms with Crippen LogP contribution in [0.4, 0.5) is 0 Å². The fraction of sp³-hybridized carbons (Fsp3) is 0.740. The quantitative estimate of drug-likeness (QED) is 0.0255. The van der Waals surface area contributed by atoms with Crippen molar-refractivity contribution in [3.05, 3.63) is 0 Å². The lowest BCUT2D eigenvalue weighted by Crippen LogP contribution is -2.70. The van der Waals surface area contributed by atoms with Crippen molar-refractivity contribution in [3.8, 4) is 0 Å². The molecule has 37 heteroatoms. The van der Waals surface area contributed by atoms with Crippen LogP contribution < -0.4 is 76.5 Å². The van der Waals surface area contributed by atoms with Gasteiger partial charge in [0.15, 0.2) is 12.6 Å². The third kappa shape index (κ3) is 25.9. The van der Waals surface area contributed by atoms with Crippen LogP contribution in [0.3, 0.4) is 0 Å². The smallest absolute Gasteiger partial charge is 0.326 e. The average molecular weight is 1250 g/mol. The zero-order valence-corrected chi connectivity index (χ0v) is 48.8. The SMILES string of the molecule is CC(=O)NC1C(OC2C(CO)OC(O)C(NC(C)=O)C2OC(C)C(=O)NC(C)C(=O)NC(CCC(=O)NC(CCCCNC(=O)CC(NC(=O)C(C)NC(=O)C(N)CCCCNC(=O)CC(N)C(N)=O)C(N)=O)C(=O)O)C(N)=O)OC(CO)C(O)C1O. The third-order valence-corrected chi connectivity index (χ3v) is 13.6. The van der Waals surface area contributed by atoms with E-state index >= 15 is 0 Å². The van der Waals surface area contributed by atoms with E-state index in [9.17, 15) is 93.0 Å². The summed E-state index contributed by atoms with van der Waals surface area (Å²) in [5.74, 6) is -11.6. The van der Waals surface area contributed by atoms with E-state index in [0.29, 0.717) is 12.8 Å². The highest BCUT2D eigenvalue weighted by atomic mass is 16.7. The number of ether oxygens (including phenoxy) is 4. The number of nitrogens with one attached hydrogen (secondary N) is 9. The van der Waals surface area contributed by atoms with Gasteiger partial charge in [0.1, 0.15) is 85.0 Å². The number of carbonyl (C=O) groups excluding carboxylic acids is 12. The molecule has 0 radical (unpaired) electrons. The molecule has 0 bridgehead atoms. The first-order chi connectivity index (χ1) is 40.7. The first-order valence-electron chi connectivity index (χ1n) is 27.8. The summed E-state index contributed by atoms with van der Waals surface area (Å²) in [7, 11) is 0. The van der Waals surface area contributed by atoms with Crippen LogP contribution in [-0.4, -0.2) is 243 Å². The van der Waals surface area contributed by atoms with E-state index in [2.05, 4.69) is 47.9 Å². The van der Waals surface area contributed by atoms with Gasteiger partial charge in [0.25, 0.3) is 0 Å². The molecule has 37 nitrogen and oxygen atoms in total. The van der Waals surface area contributed by atoms with Gasteiger partial charge in [-0.2, -0.15) is 0 Å². The van der Waals surface area contributed by atoms with Gasteiger partial charge in [-0.05, 0) is 65.7 Å². The van der Waals surface area contributed by atoms with Crippen molar-refractivity contribution >= 4 is 76.9 Å². The Morgan fingerprint density at radius 1 is 0.529 bits per heavy atom. The summed E-state index contributed by atoms with van der Waals surface area (Å²) in [6.45, 7) is 4.24. The number of carbonyl (C=O) groups is 13. The fourth-order valence-electron chi connectivity index (χ4n) is 8.68. The molecule has 2 heterocycles. The number of amides is 12. The van der Waals surface area contributed by atoms with E-state index in [1.54, 1.807) is 0 Å². The highest BCUT2D eigenvalue weighted by molar-refractivity contribution is 5.95. The van der Waals surface area contributed by atoms with Crippen molar-refractivity contribution in [1.82, 2.24) is 47.9 Å². The molecule has 0 saturated carbocycles. The Morgan fingerprint density at radius 2 is 1.05 bits per heavy atom. The number of carboxylic acids is 1. The normalized spacial score (nSPS) is 24.5. The molecule has 2 saturated heterocycles. The Morgan fingerprint density at radius 3 is 1.56 bits per heavy atom. The molecule has 494 valence electrons. The third-order valence-electron chi connectivity index (χ3n) is 13.6. The van der Waals surface area contributed by atoms with Crippen LogP contribution in [0.15, 0.2) is 0 Å². The van der Waals surface area contributed by atoms with E-state index < -0.39 is 219 Å². The van der Waals surface area contributed by atoms with Gasteiger partial charge in [-0.3, -0.25) is 57.5 Å². The largest absolute Gasteiger partial charge is 0.480 e. The number of aliphatic hydroxyl groups excluding tert-OH is 5. The van der Waals surface area contributed by atoms with Gasteiger partial charge in [-0.25, -0.2) is 4.79 Å². The van der Waals surface area contributed by atoms with Gasteiger partial charge >= 0.3 is 5.97 Å². The lowest BCUT2D eigenvalue weighted by Gasteiger charge is -2.48. The Bertz CT molecular complexity index is 2390. The molecule has 2 aliphatic rings. The highest BCUT2D eigenvalue weighted by Gasteiger charge is 2.53. The van der Waals surface area contributed by atoms with E-state index in [-0.39, 0.29) is 45.2 Å². The van der Waals surface area contributed by atoms with Crippen molar-refractivity contribution in [1.29, 1.82) is 0 Å². The van der Waals surface area contributed by atoms with Crippen molar-refractivity contribution in [2.24, 2.45) is 28.7 Å². The van der Waals surface area contributed by atoms with Gasteiger partial charge in [0.05, 0.1) is 38.1 Å². The van der Waals surface area contributed by atoms with E-state index in [1.807, 2.05) is 0 Å². The molecule has 0 aromatic rings. The molecular formula is C50H86N14O23. The monoisotopic (exact) mass is 1250 g/mol. The number of nitrogens with two attached hydrogens (primary N) is 5. The number of hydrogen-bond acceptors (Lipinski definition) is 24. The number of rotatable bonds is 38. The van der Waals surface area contributed by atoms with Crippen LogP contribution in [-0.2, 0) is 81.3 Å². The standard InChI is InChI=1S/C50H86N14O23/c1-20(58-46(79)22(3)84-40-36(61-24(5)68)49(83)85-31(19-66)39(40)87-50-35(60-23(4)67)38(73)37(72)30(18-65)86-50)44(77)63-27(42(54)75)12-13-32(69)62-28(48(81)82)11-7-9-15-57-34(71)17-29(43(55)76)64-45(78)21(2)59-47(80)25(51)10-6-8-14-56-33(70)16-26(52)41(53)74/h20-22,25-31,35-40,49-50,65-66,72-73,83H,6-19,51-52H2,1-5H3,(H2,53,74)(H2,54,75)(H2,55,76)(H,56,70)(H,57,71)(H,58,79)(H,59,80)(H,60,67)(H,61,68)(H,62,69)(H,63,77)(H,64,78)(H,81,82). The Balaban J connectivity index is 1.92. The molecule has 0 aromatic heterocycles. The molecular weight excluding hydrogens is 1160 g/mol. The molecule has 18 atom stereocenters. The van der Waals surface area contributed by atoms with E-state index in [4.69, 9.17) is 47.6 Å². The van der Waals surface area contributed by atoms with Gasteiger partial charge in [0, 0.05) is 33.4 Å². The van der Waals surface area contributed by atoms with Crippen LogP contribution in [0.25, 0.3) is 0 Å². The first-order valence-corrected chi connectivity index (χ1v) is 27.8. The zero-order chi connectivity index (χ0) is 66.0. The van der Waals surface area contributed by atoms with Gasteiger partial charge in [0.2, 0.25) is 70.9 Å². The number of carboxylic acid groups (broad SMARTS) is 1. The van der Waals surface area contributed by atoms with Crippen molar-refractivity contribution < 1.29 is 112 Å². The summed E-state index contributed by atoms with van der Waals surface area (Å²) in [6, 6.07) is -12.4. The Kier molecular flexibility index (Phi) is 32.6. The number of aliphatic carboxylic acids is 1. The lowest BCUT2D eigenvalue weighted by molar-refractivity contribution is -0.333. The Hall–Kier alpha value is -7.33. The molecule has 0 spiro atoms. The van der Waals surface area contributed by atoms with Crippen LogP contribution in [0.2, 0.25) is 0 Å². The molecule has 0 aliphatic carbocycles. The molecule has 87 heavy (non-hydrogen) atoms. The maximum Gasteiger partial charge on any atom is 0.326 e. The van der Waals surface area contributed by atoms with Crippen LogP contribution >= 0.6 is 0 Å². The molecule has 2 aliphatic heterocycles. The van der Waals surface area contributed by atoms with Crippen molar-refractivity contribution in [2.45, 2.75) is 209 Å². The van der Waals surface area contributed by atoms with Crippen LogP contribution in [0, 0.1) is 0 Å². The molecule has 0 aromatic carbocycles. The van der Waals surface area contributed by atoms with Crippen molar-refractivity contribution in [2.75, 3.05) is 26.3 Å². The minimum absolute atomic E-state index is 0.0472. The average Bonchev–Trinajstić information content (AvgIpc) is 1.46. The molecule has 2 rings (SSSR count). The van der Waals surface area contributed by atoms with E-state index in [0.717, 1.165) is 13.8 Å². The second kappa shape index (κ2) is 37.4. The number of hydrogen-bond donors (Lipinski definition) is 20. The summed E-state index contributed by atoms with van der Waals surface area (Å²) in [5.41, 5.74) is 27.3. The van der Waals surface area contributed by atoms with Gasteiger partial charge in [-0.15, -0.1) is 0 Å². The second-order valence-electron chi connectivity index (χ2n) is 20.9. The minimum Gasteiger partial charge on any atom is -0.480 e. The predicted molar refractivity (Wildman–Crippen MR) is 295 cm³/mol. The summed E-state index contributed by atoms with van der Waals surface area (Å²) in [5, 5.41) is 83.6. The summed E-state index contributed by atoms with van der Waals surface area (Å²) >= 11 is 0. The molecule has 2 fully saturated rings. The maximum atomic E-state index is 13.6. The van der Waals surface area contributed by atoms with Crippen molar-refractivity contribution in [3.63, 3.8) is 0 Å². The number of unbranched alkanes of at least 4 members (excludes halogenated alkanes) is 2. The summed E-state index contributed by atoms with van der Waals surface area (Å²) in [6.07, 6.45) is -15.8. The summed E-state index contributed by atoms with van der Waals surface area (Å²) < 4.78 is 23.2. The Labute approximate surface area is 499 Å². The topological polar surface area (TPSA) is 619 Å². The highest BCUT2D eigenvalue weighted by Crippen LogP contribution is 2.31. The molecule has 12 amide bonds. The molecule has 25 N–H and O–H groups in total. The number of primary amides is 3. The zero-order valence-electron chi connectivity index (χ0n) is 48.8. The maximum absolute atomic E-state index is 13.6. The van der Waals surface area contributed by atoms with Crippen LogP contribution in [0.5, 0.6) is 0 Å². The van der Waals surface area contributed by atoms with Crippen LogP contribution in [0.1, 0.15) is 98.8 Å². The second-order valence-corrected chi connectivity index (χ2v) is 20.9. The predicted octanol–water partition coefficient (Wildman–Crippen LogP) is -10.9. The fourth-order valence-corrected chi connectivity index (χ4v) is 8.68. The number of aliphatic hydroxyl groups is 5. The lowest BCUT2D eigenvalue weighted by atomic mass is 9.94. The van der Waals surface area contributed by atoms with Gasteiger partial charge in [-0.1, -0.05) is 0 Å². The minimum atomic E-state index is -1.91.